The minimum Gasteiger partial charge on any atom is -0.336 e. The standard InChI is InChI=1S/C13H18N2O3S.ClH/c1-10-9-19(17,18)8-7-15(10)13(16)12(14)11-5-3-2-4-6-11;/h2-6,10,12H,7-9,14H2,1H3;1H. The first-order valence-electron chi connectivity index (χ1n) is 6.22. The van der Waals surface area contributed by atoms with Crippen LogP contribution in [0.2, 0.25) is 0 Å². The molecule has 0 spiro atoms. The molecule has 0 aliphatic carbocycles. The maximum Gasteiger partial charge on any atom is 0.244 e. The molecule has 1 fully saturated rings. The van der Waals surface area contributed by atoms with E-state index in [-0.39, 0.29) is 42.4 Å². The molecule has 1 aromatic rings. The maximum atomic E-state index is 12.3. The first kappa shape index (κ1) is 16.9. The molecule has 1 aliphatic heterocycles. The first-order chi connectivity index (χ1) is 8.91. The molecular formula is C13H19ClN2O3S. The molecular weight excluding hydrogens is 300 g/mol. The summed E-state index contributed by atoms with van der Waals surface area (Å²) < 4.78 is 23.0. The second-order valence-corrected chi connectivity index (χ2v) is 7.11. The lowest BCUT2D eigenvalue weighted by molar-refractivity contribution is -0.134. The van der Waals surface area contributed by atoms with Crippen LogP contribution in [0.15, 0.2) is 30.3 Å². The highest BCUT2D eigenvalue weighted by atomic mass is 35.5. The molecule has 2 atom stereocenters. The number of nitrogens with zero attached hydrogens (tertiary/aromatic N) is 1. The van der Waals surface area contributed by atoms with E-state index in [2.05, 4.69) is 0 Å². The summed E-state index contributed by atoms with van der Waals surface area (Å²) in [6, 6.07) is 8.06. The zero-order valence-electron chi connectivity index (χ0n) is 11.2. The van der Waals surface area contributed by atoms with E-state index in [4.69, 9.17) is 5.73 Å². The number of amides is 1. The second-order valence-electron chi connectivity index (χ2n) is 4.88. The lowest BCUT2D eigenvalue weighted by Crippen LogP contribution is -2.52. The fourth-order valence-corrected chi connectivity index (χ4v) is 3.86. The SMILES string of the molecule is CC1CS(=O)(=O)CCN1C(=O)C(N)c1ccccc1.Cl. The molecule has 20 heavy (non-hydrogen) atoms. The van der Waals surface area contributed by atoms with Crippen molar-refractivity contribution in [2.24, 2.45) is 5.73 Å². The monoisotopic (exact) mass is 318 g/mol. The minimum absolute atomic E-state index is 0. The average molecular weight is 319 g/mol. The predicted molar refractivity (Wildman–Crippen MR) is 80.4 cm³/mol. The Balaban J connectivity index is 0.00000200. The highest BCUT2D eigenvalue weighted by Crippen LogP contribution is 2.18. The quantitative estimate of drug-likeness (QED) is 0.872. The van der Waals surface area contributed by atoms with E-state index >= 15 is 0 Å². The molecule has 5 nitrogen and oxygen atoms in total. The lowest BCUT2D eigenvalue weighted by Gasteiger charge is -2.34. The van der Waals surface area contributed by atoms with Crippen LogP contribution < -0.4 is 5.73 Å². The molecule has 2 unspecified atom stereocenters. The lowest BCUT2D eigenvalue weighted by atomic mass is 10.1. The van der Waals surface area contributed by atoms with Crippen LogP contribution in [0.3, 0.4) is 0 Å². The third-order valence-electron chi connectivity index (χ3n) is 3.38. The zero-order chi connectivity index (χ0) is 14.0. The van der Waals surface area contributed by atoms with Gasteiger partial charge in [-0.15, -0.1) is 12.4 Å². The van der Waals surface area contributed by atoms with Gasteiger partial charge >= 0.3 is 0 Å². The summed E-state index contributed by atoms with van der Waals surface area (Å²) in [4.78, 5) is 13.9. The third-order valence-corrected chi connectivity index (χ3v) is 5.17. The molecule has 0 bridgehead atoms. The Labute approximate surface area is 125 Å². The van der Waals surface area contributed by atoms with E-state index in [1.54, 1.807) is 24.0 Å². The summed E-state index contributed by atoms with van der Waals surface area (Å²) in [5, 5.41) is 0. The highest BCUT2D eigenvalue weighted by Gasteiger charge is 2.33. The van der Waals surface area contributed by atoms with Gasteiger partial charge < -0.3 is 10.6 Å². The zero-order valence-corrected chi connectivity index (χ0v) is 12.9. The van der Waals surface area contributed by atoms with Crippen molar-refractivity contribution in [3.63, 3.8) is 0 Å². The number of carbonyl (C=O) groups excluding carboxylic acids is 1. The summed E-state index contributed by atoms with van der Waals surface area (Å²) in [5.74, 6) is -0.182. The van der Waals surface area contributed by atoms with Crippen molar-refractivity contribution < 1.29 is 13.2 Å². The second kappa shape index (κ2) is 6.56. The van der Waals surface area contributed by atoms with Gasteiger partial charge in [-0.3, -0.25) is 4.79 Å². The number of hydrogen-bond donors (Lipinski definition) is 1. The van der Waals surface area contributed by atoms with Crippen LogP contribution in [-0.4, -0.2) is 43.3 Å². The number of carbonyl (C=O) groups is 1. The molecule has 112 valence electrons. The van der Waals surface area contributed by atoms with E-state index in [0.717, 1.165) is 5.56 Å². The normalized spacial score (nSPS) is 22.7. The van der Waals surface area contributed by atoms with Gasteiger partial charge in [0.25, 0.3) is 0 Å². The van der Waals surface area contributed by atoms with E-state index in [9.17, 15) is 13.2 Å². The van der Waals surface area contributed by atoms with Crippen LogP contribution in [0, 0.1) is 0 Å². The van der Waals surface area contributed by atoms with E-state index < -0.39 is 15.9 Å². The van der Waals surface area contributed by atoms with Crippen LogP contribution in [-0.2, 0) is 14.6 Å². The van der Waals surface area contributed by atoms with Gasteiger partial charge in [-0.1, -0.05) is 30.3 Å². The fraction of sp³-hybridized carbons (Fsp3) is 0.462. The number of sulfone groups is 1. The van der Waals surface area contributed by atoms with E-state index in [0.29, 0.717) is 0 Å². The fourth-order valence-electron chi connectivity index (χ4n) is 2.31. The molecule has 1 aliphatic rings. The van der Waals surface area contributed by atoms with Crippen molar-refractivity contribution in [1.29, 1.82) is 0 Å². The largest absolute Gasteiger partial charge is 0.336 e. The Morgan fingerprint density at radius 2 is 1.95 bits per heavy atom. The first-order valence-corrected chi connectivity index (χ1v) is 8.04. The molecule has 1 amide bonds. The average Bonchev–Trinajstić information content (AvgIpc) is 2.37. The van der Waals surface area contributed by atoms with Crippen molar-refractivity contribution in [2.75, 3.05) is 18.1 Å². The van der Waals surface area contributed by atoms with Gasteiger partial charge in [-0.05, 0) is 12.5 Å². The third kappa shape index (κ3) is 3.71. The Morgan fingerprint density at radius 1 is 1.35 bits per heavy atom. The van der Waals surface area contributed by atoms with Crippen LogP contribution in [0.4, 0.5) is 0 Å². The smallest absolute Gasteiger partial charge is 0.244 e. The summed E-state index contributed by atoms with van der Waals surface area (Å²) >= 11 is 0. The molecule has 0 radical (unpaired) electrons. The Bertz CT molecular complexity index is 562. The topological polar surface area (TPSA) is 80.5 Å². The van der Waals surface area contributed by atoms with Gasteiger partial charge in [-0.2, -0.15) is 0 Å². The number of benzene rings is 1. The molecule has 0 aromatic heterocycles. The van der Waals surface area contributed by atoms with Crippen molar-refractivity contribution >= 4 is 28.2 Å². The number of halogens is 1. The summed E-state index contributed by atoms with van der Waals surface area (Å²) in [6.45, 7) is 1.97. The number of rotatable bonds is 2. The van der Waals surface area contributed by atoms with Crippen LogP contribution in [0.5, 0.6) is 0 Å². The predicted octanol–water partition coefficient (Wildman–Crippen LogP) is 0.754. The van der Waals surface area contributed by atoms with E-state index in [1.807, 2.05) is 18.2 Å². The number of nitrogens with two attached hydrogens (primary N) is 1. The maximum absolute atomic E-state index is 12.3. The van der Waals surface area contributed by atoms with E-state index in [1.165, 1.54) is 0 Å². The molecule has 0 saturated carbocycles. The molecule has 1 saturated heterocycles. The Hall–Kier alpha value is -1.11. The highest BCUT2D eigenvalue weighted by molar-refractivity contribution is 7.91. The van der Waals surface area contributed by atoms with Gasteiger partial charge in [0.15, 0.2) is 9.84 Å². The minimum atomic E-state index is -3.02. The summed E-state index contributed by atoms with van der Waals surface area (Å²) in [6.07, 6.45) is 0. The van der Waals surface area contributed by atoms with Gasteiger partial charge in [-0.25, -0.2) is 8.42 Å². The van der Waals surface area contributed by atoms with Crippen LogP contribution >= 0.6 is 12.4 Å². The van der Waals surface area contributed by atoms with Crippen molar-refractivity contribution in [3.8, 4) is 0 Å². The van der Waals surface area contributed by atoms with Crippen LogP contribution in [0.1, 0.15) is 18.5 Å². The summed E-state index contributed by atoms with van der Waals surface area (Å²) in [5.41, 5.74) is 6.70. The summed E-state index contributed by atoms with van der Waals surface area (Å²) in [7, 11) is -3.02. The number of hydrogen-bond acceptors (Lipinski definition) is 4. The van der Waals surface area contributed by atoms with Gasteiger partial charge in [0, 0.05) is 12.6 Å². The Kier molecular flexibility index (Phi) is 5.56. The molecule has 7 heteroatoms. The van der Waals surface area contributed by atoms with Gasteiger partial charge in [0.2, 0.25) is 5.91 Å². The van der Waals surface area contributed by atoms with Gasteiger partial charge in [0.05, 0.1) is 11.5 Å². The van der Waals surface area contributed by atoms with Crippen LogP contribution in [0.25, 0.3) is 0 Å². The van der Waals surface area contributed by atoms with Crippen molar-refractivity contribution in [2.45, 2.75) is 19.0 Å². The van der Waals surface area contributed by atoms with Crippen molar-refractivity contribution in [1.82, 2.24) is 4.90 Å². The molecule has 2 N–H and O–H groups in total. The molecule has 2 rings (SSSR count). The molecule has 1 aromatic carbocycles. The van der Waals surface area contributed by atoms with Crippen molar-refractivity contribution in [3.05, 3.63) is 35.9 Å². The van der Waals surface area contributed by atoms with Gasteiger partial charge in [0.1, 0.15) is 6.04 Å². The molecule has 1 heterocycles. The Morgan fingerprint density at radius 3 is 2.50 bits per heavy atom.